The molecule has 3 rings (SSSR count). The number of halogens is 1. The molecule has 3 aromatic rings. The predicted octanol–water partition coefficient (Wildman–Crippen LogP) is 6.01. The summed E-state index contributed by atoms with van der Waals surface area (Å²) in [5.41, 5.74) is 2.61. The number of nitrogens with zero attached hydrogens (tertiary/aromatic N) is 2. The largest absolute Gasteiger partial charge is 0.493 e. The molecular weight excluding hydrogens is 407 g/mol. The van der Waals surface area contributed by atoms with Gasteiger partial charge in [-0.25, -0.2) is 9.37 Å². The number of carbonyl (C=O) groups is 1. The van der Waals surface area contributed by atoms with Crippen molar-refractivity contribution in [2.45, 2.75) is 53.5 Å². The molecule has 2 aromatic carbocycles. The van der Waals surface area contributed by atoms with E-state index in [1.807, 2.05) is 37.3 Å². The van der Waals surface area contributed by atoms with Crippen molar-refractivity contribution in [3.63, 3.8) is 0 Å². The Morgan fingerprint density at radius 3 is 2.62 bits per heavy atom. The molecule has 0 saturated carbocycles. The van der Waals surface area contributed by atoms with E-state index >= 15 is 0 Å². The van der Waals surface area contributed by atoms with E-state index in [1.54, 1.807) is 33.0 Å². The third-order valence-corrected chi connectivity index (χ3v) is 5.82. The van der Waals surface area contributed by atoms with Gasteiger partial charge >= 0.3 is 5.97 Å². The number of imidazole rings is 1. The summed E-state index contributed by atoms with van der Waals surface area (Å²) >= 11 is 0. The van der Waals surface area contributed by atoms with Crippen molar-refractivity contribution in [3.05, 3.63) is 71.3 Å². The van der Waals surface area contributed by atoms with Gasteiger partial charge in [0.2, 0.25) is 0 Å². The third-order valence-electron chi connectivity index (χ3n) is 5.82. The molecule has 0 spiro atoms. The van der Waals surface area contributed by atoms with Crippen LogP contribution in [0.4, 0.5) is 4.39 Å². The van der Waals surface area contributed by atoms with Crippen molar-refractivity contribution in [3.8, 4) is 17.1 Å². The van der Waals surface area contributed by atoms with Crippen LogP contribution in [0, 0.1) is 25.1 Å². The summed E-state index contributed by atoms with van der Waals surface area (Å²) < 4.78 is 22.2. The molecule has 0 aliphatic rings. The summed E-state index contributed by atoms with van der Waals surface area (Å²) in [7, 11) is 0. The van der Waals surface area contributed by atoms with Crippen LogP contribution in [-0.2, 0) is 11.3 Å². The summed E-state index contributed by atoms with van der Waals surface area (Å²) in [6, 6.07) is 13.0. The molecule has 0 unspecified atom stereocenters. The minimum Gasteiger partial charge on any atom is -0.493 e. The summed E-state index contributed by atoms with van der Waals surface area (Å²) in [5, 5.41) is 9.23. The van der Waals surface area contributed by atoms with Gasteiger partial charge in [0.05, 0.1) is 18.6 Å². The average Bonchev–Trinajstić information content (AvgIpc) is 3.11. The van der Waals surface area contributed by atoms with Crippen LogP contribution in [0.1, 0.15) is 49.9 Å². The Morgan fingerprint density at radius 2 is 1.91 bits per heavy atom. The number of carboxylic acids is 1. The zero-order valence-electron chi connectivity index (χ0n) is 19.2. The van der Waals surface area contributed by atoms with E-state index in [4.69, 9.17) is 4.74 Å². The number of aryl methyl sites for hydroxylation is 2. The number of aromatic nitrogens is 2. The van der Waals surface area contributed by atoms with Gasteiger partial charge in [-0.3, -0.25) is 4.79 Å². The van der Waals surface area contributed by atoms with Crippen LogP contribution in [0.2, 0.25) is 0 Å². The molecule has 0 radical (unpaired) electrons. The molecule has 1 N–H and O–H groups in total. The molecule has 1 aromatic heterocycles. The third kappa shape index (κ3) is 5.55. The van der Waals surface area contributed by atoms with Gasteiger partial charge in [-0.1, -0.05) is 30.3 Å². The number of benzene rings is 2. The molecule has 0 aliphatic carbocycles. The first-order valence-electron chi connectivity index (χ1n) is 10.9. The van der Waals surface area contributed by atoms with Gasteiger partial charge in [-0.15, -0.1) is 0 Å². The highest BCUT2D eigenvalue weighted by Gasteiger charge is 2.26. The van der Waals surface area contributed by atoms with Gasteiger partial charge in [0.15, 0.2) is 0 Å². The van der Waals surface area contributed by atoms with Crippen molar-refractivity contribution in [2.75, 3.05) is 6.61 Å². The molecule has 32 heavy (non-hydrogen) atoms. The van der Waals surface area contributed by atoms with E-state index in [0.717, 1.165) is 35.4 Å². The zero-order chi connectivity index (χ0) is 23.3. The second-order valence-electron chi connectivity index (χ2n) is 8.88. The first-order chi connectivity index (χ1) is 15.2. The Balaban J connectivity index is 1.70. The lowest BCUT2D eigenvalue weighted by atomic mass is 9.87. The lowest BCUT2D eigenvalue weighted by Gasteiger charge is -2.19. The van der Waals surface area contributed by atoms with Gasteiger partial charge in [0.1, 0.15) is 17.4 Å². The van der Waals surface area contributed by atoms with Crippen LogP contribution in [-0.4, -0.2) is 27.2 Å². The maximum Gasteiger partial charge on any atom is 0.309 e. The summed E-state index contributed by atoms with van der Waals surface area (Å²) in [4.78, 5) is 15.7. The first kappa shape index (κ1) is 23.5. The average molecular weight is 439 g/mol. The quantitative estimate of drug-likeness (QED) is 0.394. The van der Waals surface area contributed by atoms with Gasteiger partial charge in [-0.05, 0) is 64.7 Å². The maximum atomic E-state index is 14.1. The second-order valence-corrected chi connectivity index (χ2v) is 8.88. The van der Waals surface area contributed by atoms with Crippen LogP contribution in [0.25, 0.3) is 11.4 Å². The van der Waals surface area contributed by atoms with Crippen LogP contribution in [0.15, 0.2) is 48.7 Å². The number of para-hydroxylation sites is 1. The molecule has 0 saturated heterocycles. The smallest absolute Gasteiger partial charge is 0.309 e. The zero-order valence-corrected chi connectivity index (χ0v) is 19.2. The fourth-order valence-corrected chi connectivity index (χ4v) is 3.53. The molecule has 0 fully saturated rings. The number of rotatable bonds is 10. The molecule has 170 valence electrons. The highest BCUT2D eigenvalue weighted by Crippen LogP contribution is 2.27. The summed E-state index contributed by atoms with van der Waals surface area (Å²) in [6.07, 6.45) is 3.97. The lowest BCUT2D eigenvalue weighted by molar-refractivity contribution is -0.147. The molecular formula is C26H31FN2O3. The highest BCUT2D eigenvalue weighted by molar-refractivity contribution is 5.73. The van der Waals surface area contributed by atoms with Crippen LogP contribution >= 0.6 is 0 Å². The Bertz CT molecular complexity index is 1090. The predicted molar refractivity (Wildman–Crippen MR) is 123 cm³/mol. The standard InChI is InChI=1S/C26H31FN2O3/c1-18-11-12-20(15-22(18)27)24-28-16-19(2)29(24)17-21-9-5-6-10-23(21)32-14-8-7-13-26(3,4)25(30)31/h5-6,9-12,15-16H,7-8,13-14,17H2,1-4H3,(H,30,31). The minimum absolute atomic E-state index is 0.246. The van der Waals surface area contributed by atoms with Crippen LogP contribution in [0.5, 0.6) is 5.75 Å². The van der Waals surface area contributed by atoms with E-state index in [2.05, 4.69) is 9.55 Å². The van der Waals surface area contributed by atoms with E-state index in [1.165, 1.54) is 6.07 Å². The number of hydrogen-bond acceptors (Lipinski definition) is 3. The molecule has 6 heteroatoms. The maximum absolute atomic E-state index is 14.1. The molecule has 5 nitrogen and oxygen atoms in total. The molecule has 0 aliphatic heterocycles. The second kappa shape index (κ2) is 9.98. The van der Waals surface area contributed by atoms with Crippen molar-refractivity contribution >= 4 is 5.97 Å². The van der Waals surface area contributed by atoms with E-state index in [0.29, 0.717) is 31.0 Å². The van der Waals surface area contributed by atoms with Gasteiger partial charge in [-0.2, -0.15) is 0 Å². The first-order valence-corrected chi connectivity index (χ1v) is 10.9. The van der Waals surface area contributed by atoms with Gasteiger partial charge in [0.25, 0.3) is 0 Å². The number of ether oxygens (including phenoxy) is 1. The minimum atomic E-state index is -0.774. The number of carboxylic acid groups (broad SMARTS) is 1. The molecule has 0 atom stereocenters. The topological polar surface area (TPSA) is 64.4 Å². The molecule has 0 bridgehead atoms. The fourth-order valence-electron chi connectivity index (χ4n) is 3.53. The Morgan fingerprint density at radius 1 is 1.16 bits per heavy atom. The van der Waals surface area contributed by atoms with E-state index in [-0.39, 0.29) is 5.82 Å². The SMILES string of the molecule is Cc1ccc(-c2ncc(C)n2Cc2ccccc2OCCCCC(C)(C)C(=O)O)cc1F. The van der Waals surface area contributed by atoms with Crippen LogP contribution in [0.3, 0.4) is 0 Å². The van der Waals surface area contributed by atoms with Crippen LogP contribution < -0.4 is 4.74 Å². The van der Waals surface area contributed by atoms with Crippen molar-refractivity contribution in [2.24, 2.45) is 5.41 Å². The normalized spacial score (nSPS) is 11.5. The monoisotopic (exact) mass is 438 g/mol. The number of hydrogen-bond donors (Lipinski definition) is 1. The van der Waals surface area contributed by atoms with Gasteiger partial charge < -0.3 is 14.4 Å². The number of unbranched alkanes of at least 4 members (excludes halogenated alkanes) is 1. The van der Waals surface area contributed by atoms with Gasteiger partial charge in [0, 0.05) is 23.0 Å². The van der Waals surface area contributed by atoms with Crippen molar-refractivity contribution in [1.82, 2.24) is 9.55 Å². The Hall–Kier alpha value is -3.15. The summed E-state index contributed by atoms with van der Waals surface area (Å²) in [5.74, 6) is 0.486. The molecule has 1 heterocycles. The number of aliphatic carboxylic acids is 1. The summed E-state index contributed by atoms with van der Waals surface area (Å²) in [6.45, 7) is 8.29. The van der Waals surface area contributed by atoms with Crippen molar-refractivity contribution < 1.29 is 19.0 Å². The van der Waals surface area contributed by atoms with E-state index in [9.17, 15) is 14.3 Å². The molecule has 0 amide bonds. The Labute approximate surface area is 188 Å². The van der Waals surface area contributed by atoms with Crippen molar-refractivity contribution in [1.29, 1.82) is 0 Å². The lowest BCUT2D eigenvalue weighted by Crippen LogP contribution is -2.23. The Kier molecular flexibility index (Phi) is 7.33. The highest BCUT2D eigenvalue weighted by atomic mass is 19.1. The fraction of sp³-hybridized carbons (Fsp3) is 0.385. The van der Waals surface area contributed by atoms with E-state index < -0.39 is 11.4 Å².